The topological polar surface area (TPSA) is 62.5 Å². The molecule has 2 aliphatic rings. The maximum atomic E-state index is 12.9. The van der Waals surface area contributed by atoms with Crippen molar-refractivity contribution in [3.63, 3.8) is 0 Å². The first kappa shape index (κ1) is 20.3. The number of fused-ring (bicyclic) bond motifs is 1. The van der Waals surface area contributed by atoms with Crippen LogP contribution in [0.3, 0.4) is 0 Å². The van der Waals surface area contributed by atoms with Crippen molar-refractivity contribution >= 4 is 38.5 Å². The van der Waals surface area contributed by atoms with Crippen molar-refractivity contribution in [2.45, 2.75) is 70.6 Å². The average molecular weight is 468 g/mol. The van der Waals surface area contributed by atoms with Crippen LogP contribution in [0, 0.1) is 12.3 Å². The SMILES string of the molecule is Cc1nc(N2CCC3(CCCC3)C(NS(=O)C(C)(C)C)C2)n2ccnc2c1Br. The predicted molar refractivity (Wildman–Crippen MR) is 118 cm³/mol. The Bertz CT molecular complexity index is 900. The smallest absolute Gasteiger partial charge is 0.211 e. The van der Waals surface area contributed by atoms with Gasteiger partial charge in [-0.1, -0.05) is 12.8 Å². The van der Waals surface area contributed by atoms with Crippen molar-refractivity contribution in [3.8, 4) is 0 Å². The number of piperidine rings is 1. The number of imidazole rings is 1. The Balaban J connectivity index is 1.67. The molecule has 28 heavy (non-hydrogen) atoms. The average Bonchev–Trinajstić information content (AvgIpc) is 3.30. The predicted octanol–water partition coefficient (Wildman–Crippen LogP) is 3.99. The van der Waals surface area contributed by atoms with Gasteiger partial charge in [0.05, 0.1) is 25.9 Å². The molecule has 0 aromatic carbocycles. The van der Waals surface area contributed by atoms with Gasteiger partial charge in [0.25, 0.3) is 0 Å². The Hall–Kier alpha value is -0.990. The van der Waals surface area contributed by atoms with E-state index >= 15 is 0 Å². The molecule has 2 fully saturated rings. The maximum absolute atomic E-state index is 12.9. The van der Waals surface area contributed by atoms with Gasteiger partial charge in [-0.25, -0.2) is 18.9 Å². The third-order valence-corrected chi connectivity index (χ3v) is 8.89. The molecule has 1 saturated carbocycles. The Labute approximate surface area is 178 Å². The highest BCUT2D eigenvalue weighted by atomic mass is 79.9. The van der Waals surface area contributed by atoms with Crippen LogP contribution in [0.15, 0.2) is 16.9 Å². The van der Waals surface area contributed by atoms with Gasteiger partial charge in [-0.3, -0.25) is 4.40 Å². The normalized spacial score (nSPS) is 23.6. The number of rotatable bonds is 3. The number of nitrogens with one attached hydrogen (secondary N) is 1. The van der Waals surface area contributed by atoms with Crippen molar-refractivity contribution in [1.82, 2.24) is 19.1 Å². The lowest BCUT2D eigenvalue weighted by molar-refractivity contribution is 0.176. The summed E-state index contributed by atoms with van der Waals surface area (Å²) in [5, 5.41) is 0. The van der Waals surface area contributed by atoms with Crippen LogP contribution in [0.25, 0.3) is 5.65 Å². The lowest BCUT2D eigenvalue weighted by Gasteiger charge is -2.47. The number of aryl methyl sites for hydroxylation is 1. The first-order valence-electron chi connectivity index (χ1n) is 10.1. The Morgan fingerprint density at radius 1 is 1.29 bits per heavy atom. The second-order valence-corrected chi connectivity index (χ2v) is 12.0. The lowest BCUT2D eigenvalue weighted by atomic mass is 9.73. The van der Waals surface area contributed by atoms with Crippen molar-refractivity contribution < 1.29 is 4.21 Å². The summed E-state index contributed by atoms with van der Waals surface area (Å²) in [5.41, 5.74) is 2.10. The fourth-order valence-electron chi connectivity index (χ4n) is 4.63. The minimum Gasteiger partial charge on any atom is -0.340 e. The van der Waals surface area contributed by atoms with Crippen LogP contribution in [0.5, 0.6) is 0 Å². The summed E-state index contributed by atoms with van der Waals surface area (Å²) in [4.78, 5) is 11.7. The van der Waals surface area contributed by atoms with Crippen LogP contribution in [0.4, 0.5) is 5.95 Å². The molecule has 154 valence electrons. The molecule has 1 N–H and O–H groups in total. The number of anilines is 1. The van der Waals surface area contributed by atoms with Crippen LogP contribution in [-0.2, 0) is 11.0 Å². The van der Waals surface area contributed by atoms with Crippen LogP contribution >= 0.6 is 15.9 Å². The van der Waals surface area contributed by atoms with E-state index in [4.69, 9.17) is 4.98 Å². The van der Waals surface area contributed by atoms with E-state index in [1.54, 1.807) is 0 Å². The van der Waals surface area contributed by atoms with E-state index in [0.29, 0.717) is 0 Å². The van der Waals surface area contributed by atoms with E-state index in [2.05, 4.69) is 34.9 Å². The van der Waals surface area contributed by atoms with E-state index in [1.165, 1.54) is 25.7 Å². The highest BCUT2D eigenvalue weighted by Crippen LogP contribution is 2.47. The zero-order valence-electron chi connectivity index (χ0n) is 17.2. The van der Waals surface area contributed by atoms with Gasteiger partial charge in [-0.2, -0.15) is 0 Å². The fourth-order valence-corrected chi connectivity index (χ4v) is 5.95. The molecule has 0 amide bonds. The molecule has 1 aliphatic heterocycles. The standard InChI is InChI=1S/C20H30BrN5OS/c1-14-16(21)17-22-10-12-26(17)18(23-14)25-11-9-20(7-5-6-8-20)15(13-25)24-28(27)19(2,3)4/h10,12,15,24H,5-9,11,13H2,1-4H3. The van der Waals surface area contributed by atoms with Crippen LogP contribution in [0.2, 0.25) is 0 Å². The Morgan fingerprint density at radius 3 is 2.68 bits per heavy atom. The van der Waals surface area contributed by atoms with Gasteiger partial charge in [0, 0.05) is 31.5 Å². The minimum atomic E-state index is -1.08. The summed E-state index contributed by atoms with van der Waals surface area (Å²) >= 11 is 3.62. The Kier molecular flexibility index (Phi) is 5.33. The van der Waals surface area contributed by atoms with E-state index < -0.39 is 11.0 Å². The summed E-state index contributed by atoms with van der Waals surface area (Å²) in [6, 6.07) is 0.202. The fraction of sp³-hybridized carbons (Fsp3) is 0.700. The highest BCUT2D eigenvalue weighted by Gasteiger charge is 2.46. The van der Waals surface area contributed by atoms with E-state index in [9.17, 15) is 4.21 Å². The van der Waals surface area contributed by atoms with Crippen molar-refractivity contribution in [2.75, 3.05) is 18.0 Å². The molecular weight excluding hydrogens is 438 g/mol. The number of halogens is 1. The molecule has 2 aromatic rings. The zero-order chi connectivity index (χ0) is 20.1. The largest absolute Gasteiger partial charge is 0.340 e. The van der Waals surface area contributed by atoms with Crippen molar-refractivity contribution in [2.24, 2.45) is 5.41 Å². The number of hydrogen-bond acceptors (Lipinski definition) is 4. The van der Waals surface area contributed by atoms with Gasteiger partial charge in [0.2, 0.25) is 5.95 Å². The molecule has 0 radical (unpaired) electrons. The van der Waals surface area contributed by atoms with Crippen molar-refractivity contribution in [1.29, 1.82) is 0 Å². The summed E-state index contributed by atoms with van der Waals surface area (Å²) in [5.74, 6) is 0.925. The molecule has 2 aromatic heterocycles. The first-order valence-corrected chi connectivity index (χ1v) is 12.1. The van der Waals surface area contributed by atoms with Crippen LogP contribution < -0.4 is 9.62 Å². The number of nitrogens with zero attached hydrogens (tertiary/aromatic N) is 4. The summed E-state index contributed by atoms with van der Waals surface area (Å²) < 4.78 is 19.2. The molecule has 8 heteroatoms. The summed E-state index contributed by atoms with van der Waals surface area (Å²) in [6.45, 7) is 9.91. The zero-order valence-corrected chi connectivity index (χ0v) is 19.6. The second kappa shape index (κ2) is 7.36. The number of hydrogen-bond donors (Lipinski definition) is 1. The quantitative estimate of drug-likeness (QED) is 0.740. The molecule has 1 aliphatic carbocycles. The van der Waals surface area contributed by atoms with Crippen LogP contribution in [0.1, 0.15) is 58.6 Å². The Morgan fingerprint density at radius 2 is 2.00 bits per heavy atom. The monoisotopic (exact) mass is 467 g/mol. The second-order valence-electron chi connectivity index (χ2n) is 9.25. The molecule has 2 atom stereocenters. The van der Waals surface area contributed by atoms with E-state index in [1.807, 2.05) is 40.1 Å². The maximum Gasteiger partial charge on any atom is 0.211 e. The van der Waals surface area contributed by atoms with Gasteiger partial charge in [0.15, 0.2) is 5.65 Å². The van der Waals surface area contributed by atoms with Crippen molar-refractivity contribution in [3.05, 3.63) is 22.6 Å². The van der Waals surface area contributed by atoms with Gasteiger partial charge >= 0.3 is 0 Å². The molecule has 0 bridgehead atoms. The third kappa shape index (κ3) is 3.52. The number of aromatic nitrogens is 3. The van der Waals surface area contributed by atoms with E-state index in [-0.39, 0.29) is 16.2 Å². The third-order valence-electron chi connectivity index (χ3n) is 6.35. The molecule has 1 spiro atoms. The molecule has 2 unspecified atom stereocenters. The van der Waals surface area contributed by atoms with Crippen LogP contribution in [-0.4, -0.2) is 42.5 Å². The molecule has 3 heterocycles. The molecule has 1 saturated heterocycles. The minimum absolute atomic E-state index is 0.202. The molecule has 6 nitrogen and oxygen atoms in total. The lowest BCUT2D eigenvalue weighted by Crippen LogP contribution is -2.58. The first-order chi connectivity index (χ1) is 13.2. The summed E-state index contributed by atoms with van der Waals surface area (Å²) in [7, 11) is -1.08. The van der Waals surface area contributed by atoms with Gasteiger partial charge in [-0.15, -0.1) is 0 Å². The summed E-state index contributed by atoms with van der Waals surface area (Å²) in [6.07, 6.45) is 9.91. The molecule has 4 rings (SSSR count). The van der Waals surface area contributed by atoms with Gasteiger partial charge in [0.1, 0.15) is 0 Å². The highest BCUT2D eigenvalue weighted by molar-refractivity contribution is 9.10. The molecular formula is C20H30BrN5OS. The van der Waals surface area contributed by atoms with E-state index in [0.717, 1.165) is 41.3 Å². The van der Waals surface area contributed by atoms with Gasteiger partial charge < -0.3 is 4.90 Å². The van der Waals surface area contributed by atoms with Gasteiger partial charge in [-0.05, 0) is 68.3 Å².